The minimum atomic E-state index is -0.0397. The summed E-state index contributed by atoms with van der Waals surface area (Å²) in [6.45, 7) is 1.88. The second kappa shape index (κ2) is 5.87. The van der Waals surface area contributed by atoms with Crippen molar-refractivity contribution in [3.8, 4) is 5.69 Å². The van der Waals surface area contributed by atoms with Crippen molar-refractivity contribution in [2.75, 3.05) is 0 Å². The van der Waals surface area contributed by atoms with Crippen LogP contribution in [0, 0.1) is 11.7 Å². The van der Waals surface area contributed by atoms with E-state index in [1.54, 1.807) is 41.2 Å². The molecule has 1 heterocycles. The van der Waals surface area contributed by atoms with E-state index in [4.69, 9.17) is 23.8 Å². The smallest absolute Gasteiger partial charge is 0.199 e. The van der Waals surface area contributed by atoms with Crippen LogP contribution >= 0.6 is 23.8 Å². The molecule has 3 aromatic rings. The van der Waals surface area contributed by atoms with Crippen molar-refractivity contribution in [3.05, 3.63) is 75.3 Å². The summed E-state index contributed by atoms with van der Waals surface area (Å²) in [5, 5.41) is 7.22. The number of carbonyl (C=O) groups is 1. The third kappa shape index (κ3) is 2.73. The van der Waals surface area contributed by atoms with Crippen molar-refractivity contribution >= 4 is 29.6 Å². The first-order valence-corrected chi connectivity index (χ1v) is 7.38. The maximum Gasteiger partial charge on any atom is 0.199 e. The second-order valence-corrected chi connectivity index (χ2v) is 5.67. The molecule has 0 saturated heterocycles. The molecule has 2 aromatic carbocycles. The highest BCUT2D eigenvalue weighted by Crippen LogP contribution is 2.19. The molecular formula is C16H12ClN3OS. The Morgan fingerprint density at radius 3 is 2.45 bits per heavy atom. The monoisotopic (exact) mass is 329 g/mol. The van der Waals surface area contributed by atoms with Gasteiger partial charge in [0.25, 0.3) is 0 Å². The third-order valence-electron chi connectivity index (χ3n) is 3.38. The topological polar surface area (TPSA) is 50.7 Å². The molecule has 0 aliphatic carbocycles. The predicted octanol–water partition coefficient (Wildman–Crippen LogP) is 4.12. The van der Waals surface area contributed by atoms with E-state index in [-0.39, 0.29) is 5.78 Å². The number of aryl methyl sites for hydroxylation is 1. The number of aromatic nitrogens is 3. The van der Waals surface area contributed by atoms with Crippen LogP contribution < -0.4 is 0 Å². The van der Waals surface area contributed by atoms with Gasteiger partial charge >= 0.3 is 0 Å². The van der Waals surface area contributed by atoms with Crippen molar-refractivity contribution in [1.82, 2.24) is 14.8 Å². The fourth-order valence-corrected chi connectivity index (χ4v) is 2.48. The zero-order valence-electron chi connectivity index (χ0n) is 11.7. The van der Waals surface area contributed by atoms with E-state index in [1.807, 2.05) is 19.1 Å². The van der Waals surface area contributed by atoms with Gasteiger partial charge in [-0.1, -0.05) is 11.6 Å². The van der Waals surface area contributed by atoms with E-state index in [9.17, 15) is 4.79 Å². The fourth-order valence-electron chi connectivity index (χ4n) is 2.16. The highest BCUT2D eigenvalue weighted by Gasteiger charge is 2.10. The summed E-state index contributed by atoms with van der Waals surface area (Å²) in [6.07, 6.45) is 1.60. The van der Waals surface area contributed by atoms with Gasteiger partial charge < -0.3 is 0 Å². The number of ketones is 1. The Morgan fingerprint density at radius 2 is 1.86 bits per heavy atom. The summed E-state index contributed by atoms with van der Waals surface area (Å²) in [6, 6.07) is 12.5. The lowest BCUT2D eigenvalue weighted by atomic mass is 10.0. The van der Waals surface area contributed by atoms with Crippen molar-refractivity contribution < 1.29 is 4.79 Å². The Hall–Kier alpha value is -2.24. The van der Waals surface area contributed by atoms with Gasteiger partial charge in [0.1, 0.15) is 6.33 Å². The van der Waals surface area contributed by atoms with Crippen LogP contribution in [0.2, 0.25) is 5.02 Å². The minimum absolute atomic E-state index is 0.0397. The number of benzene rings is 2. The van der Waals surface area contributed by atoms with Crippen molar-refractivity contribution in [3.63, 3.8) is 0 Å². The molecule has 0 aliphatic heterocycles. The van der Waals surface area contributed by atoms with Crippen LogP contribution in [0.1, 0.15) is 21.5 Å². The average Bonchev–Trinajstić information content (AvgIpc) is 2.95. The summed E-state index contributed by atoms with van der Waals surface area (Å²) < 4.78 is 2.24. The lowest BCUT2D eigenvalue weighted by molar-refractivity contribution is 0.103. The molecule has 6 heteroatoms. The maximum absolute atomic E-state index is 12.5. The summed E-state index contributed by atoms with van der Waals surface area (Å²) >= 11 is 11.1. The van der Waals surface area contributed by atoms with Crippen molar-refractivity contribution in [1.29, 1.82) is 0 Å². The average molecular weight is 330 g/mol. The van der Waals surface area contributed by atoms with Crippen molar-refractivity contribution in [2.24, 2.45) is 0 Å². The van der Waals surface area contributed by atoms with Crippen LogP contribution in [0.15, 0.2) is 48.8 Å². The van der Waals surface area contributed by atoms with Gasteiger partial charge in [-0.05, 0) is 67.2 Å². The van der Waals surface area contributed by atoms with E-state index < -0.39 is 0 Å². The van der Waals surface area contributed by atoms with Gasteiger partial charge in [0, 0.05) is 21.8 Å². The van der Waals surface area contributed by atoms with Gasteiger partial charge in [0.2, 0.25) is 0 Å². The third-order valence-corrected chi connectivity index (χ3v) is 4.09. The fraction of sp³-hybridized carbons (Fsp3) is 0.0625. The molecule has 0 atom stereocenters. The van der Waals surface area contributed by atoms with E-state index in [1.165, 1.54) is 0 Å². The molecule has 4 nitrogen and oxygen atoms in total. The maximum atomic E-state index is 12.5. The molecule has 0 radical (unpaired) electrons. The Labute approximate surface area is 137 Å². The Kier molecular flexibility index (Phi) is 3.92. The number of rotatable bonds is 3. The largest absolute Gasteiger partial charge is 0.289 e. The lowest BCUT2D eigenvalue weighted by Gasteiger charge is -2.06. The van der Waals surface area contributed by atoms with E-state index in [0.717, 1.165) is 11.3 Å². The minimum Gasteiger partial charge on any atom is -0.289 e. The summed E-state index contributed by atoms with van der Waals surface area (Å²) in [7, 11) is 0. The molecule has 0 bridgehead atoms. The molecule has 0 spiro atoms. The molecule has 0 amide bonds. The van der Waals surface area contributed by atoms with Crippen LogP contribution in [-0.4, -0.2) is 20.5 Å². The summed E-state index contributed by atoms with van der Waals surface area (Å²) in [5.41, 5.74) is 2.96. The highest BCUT2D eigenvalue weighted by atomic mass is 35.5. The summed E-state index contributed by atoms with van der Waals surface area (Å²) in [4.78, 5) is 12.5. The van der Waals surface area contributed by atoms with E-state index in [2.05, 4.69) is 10.2 Å². The number of nitrogens with one attached hydrogen (secondary N) is 1. The van der Waals surface area contributed by atoms with Gasteiger partial charge in [-0.2, -0.15) is 5.10 Å². The van der Waals surface area contributed by atoms with Gasteiger partial charge in [-0.15, -0.1) is 0 Å². The lowest BCUT2D eigenvalue weighted by Crippen LogP contribution is -2.02. The van der Waals surface area contributed by atoms with Crippen LogP contribution in [0.5, 0.6) is 0 Å². The van der Waals surface area contributed by atoms with Crippen LogP contribution in [0.25, 0.3) is 5.69 Å². The molecule has 0 unspecified atom stereocenters. The molecule has 1 aromatic heterocycles. The van der Waals surface area contributed by atoms with Gasteiger partial charge in [-0.3, -0.25) is 14.5 Å². The van der Waals surface area contributed by atoms with Gasteiger partial charge in [-0.25, -0.2) is 0 Å². The number of aromatic amines is 1. The van der Waals surface area contributed by atoms with Crippen molar-refractivity contribution in [2.45, 2.75) is 6.92 Å². The molecule has 3 rings (SSSR count). The SMILES string of the molecule is Cc1cc(C(=O)c2ccc(-n3cn[nH]c3=S)cc2)ccc1Cl. The van der Waals surface area contributed by atoms with E-state index >= 15 is 0 Å². The first-order chi connectivity index (χ1) is 10.6. The standard InChI is InChI=1S/C16H12ClN3OS/c1-10-8-12(4-7-14(10)17)15(21)11-2-5-13(6-3-11)20-9-18-19-16(20)22/h2-9H,1H3,(H,19,22). The number of nitrogens with zero attached hydrogens (tertiary/aromatic N) is 2. The highest BCUT2D eigenvalue weighted by molar-refractivity contribution is 7.71. The van der Waals surface area contributed by atoms with E-state index in [0.29, 0.717) is 20.9 Å². The van der Waals surface area contributed by atoms with Crippen LogP contribution in [-0.2, 0) is 0 Å². The van der Waals surface area contributed by atoms with Crippen LogP contribution in [0.4, 0.5) is 0 Å². The number of H-pyrrole nitrogens is 1. The Balaban J connectivity index is 1.92. The zero-order chi connectivity index (χ0) is 15.7. The summed E-state index contributed by atoms with van der Waals surface area (Å²) in [5.74, 6) is -0.0397. The number of carbonyl (C=O) groups excluding carboxylic acids is 1. The molecule has 110 valence electrons. The number of hydrogen-bond donors (Lipinski definition) is 1. The molecular weight excluding hydrogens is 318 g/mol. The first kappa shape index (κ1) is 14.7. The number of hydrogen-bond acceptors (Lipinski definition) is 3. The molecule has 22 heavy (non-hydrogen) atoms. The quantitative estimate of drug-likeness (QED) is 0.581. The normalized spacial score (nSPS) is 10.6. The Bertz CT molecular complexity index is 896. The first-order valence-electron chi connectivity index (χ1n) is 6.59. The molecule has 0 saturated carbocycles. The molecule has 0 aliphatic rings. The molecule has 0 fully saturated rings. The second-order valence-electron chi connectivity index (χ2n) is 4.87. The van der Waals surface area contributed by atoms with Crippen LogP contribution in [0.3, 0.4) is 0 Å². The number of halogens is 1. The molecule has 1 N–H and O–H groups in total. The van der Waals surface area contributed by atoms with Gasteiger partial charge in [0.15, 0.2) is 10.6 Å². The Morgan fingerprint density at radius 1 is 1.18 bits per heavy atom. The predicted molar refractivity (Wildman–Crippen MR) is 88.4 cm³/mol. The van der Waals surface area contributed by atoms with Gasteiger partial charge in [0.05, 0.1) is 0 Å². The zero-order valence-corrected chi connectivity index (χ0v) is 13.3.